The number of thiazole rings is 1. The number of benzene rings is 7. The van der Waals surface area contributed by atoms with Crippen molar-refractivity contribution in [2.45, 2.75) is 19.3 Å². The van der Waals surface area contributed by atoms with Gasteiger partial charge in [0, 0.05) is 58.1 Å². The van der Waals surface area contributed by atoms with Gasteiger partial charge in [-0.05, 0) is 87.0 Å². The van der Waals surface area contributed by atoms with E-state index in [0.717, 1.165) is 21.0 Å². The maximum atomic E-state index is 4.77. The molecule has 0 atom stereocenters. The van der Waals surface area contributed by atoms with E-state index in [1.807, 2.05) is 18.3 Å². The van der Waals surface area contributed by atoms with Crippen molar-refractivity contribution >= 4 is 33.1 Å². The molecule has 1 radical (unpaired) electrons. The summed E-state index contributed by atoms with van der Waals surface area (Å²) in [6.45, 7) is 4.72. The summed E-state index contributed by atoms with van der Waals surface area (Å²) in [4.78, 5) is 5.93. The number of rotatable bonds is 5. The third kappa shape index (κ3) is 5.21. The van der Waals surface area contributed by atoms with Crippen LogP contribution in [0.1, 0.15) is 25.0 Å². The molecule has 251 valence electrons. The molecule has 0 unspecified atom stereocenters. The van der Waals surface area contributed by atoms with Gasteiger partial charge in [-0.3, -0.25) is 4.98 Å². The van der Waals surface area contributed by atoms with Gasteiger partial charge < -0.3 is 4.57 Å². The van der Waals surface area contributed by atoms with Gasteiger partial charge in [-0.15, -0.1) is 35.4 Å². The Labute approximate surface area is 321 Å². The van der Waals surface area contributed by atoms with Gasteiger partial charge in [-0.1, -0.05) is 111 Å². The van der Waals surface area contributed by atoms with Crippen LogP contribution in [0.5, 0.6) is 0 Å². The predicted octanol–water partition coefficient (Wildman–Crippen LogP) is 13.0. The van der Waals surface area contributed by atoms with Crippen LogP contribution >= 0.6 is 11.3 Å². The van der Waals surface area contributed by atoms with Crippen LogP contribution in [0.25, 0.3) is 81.9 Å². The topological polar surface area (TPSA) is 17.8 Å². The average molecular weight is 862 g/mol. The molecule has 10 rings (SSSR count). The maximum absolute atomic E-state index is 4.77. The number of hydrogen-bond acceptors (Lipinski definition) is 2. The summed E-state index contributed by atoms with van der Waals surface area (Å²) >= 11 is 1.70. The van der Waals surface area contributed by atoms with Crippen LogP contribution in [-0.4, -0.2) is 9.55 Å². The first kappa shape index (κ1) is 32.5. The SMILES string of the molecule is CC1(C)c2ccccc2-c2cc3c4cc(-c5cccc(-c6cc[c-]c(-c7ncc(-c8ccccc8)s7)c6)c5)ccc4n(-c4ccccc4)c3cc21.[Ir]. The zero-order valence-corrected chi connectivity index (χ0v) is 31.9. The van der Waals surface area contributed by atoms with Gasteiger partial charge in [0.2, 0.25) is 0 Å². The number of hydrogen-bond donors (Lipinski definition) is 0. The van der Waals surface area contributed by atoms with Gasteiger partial charge in [0.05, 0.1) is 11.0 Å². The Kier molecular flexibility index (Phi) is 7.93. The van der Waals surface area contributed by atoms with E-state index in [9.17, 15) is 0 Å². The van der Waals surface area contributed by atoms with Crippen molar-refractivity contribution < 1.29 is 20.1 Å². The molecular weight excluding hydrogens is 829 g/mol. The second-order valence-electron chi connectivity index (χ2n) is 14.0. The fraction of sp³-hybridized carbons (Fsp3) is 0.0625. The molecule has 2 aromatic heterocycles. The smallest absolute Gasteiger partial charge is 0.0544 e. The minimum Gasteiger partial charge on any atom is -0.309 e. The molecule has 0 amide bonds. The van der Waals surface area contributed by atoms with Crippen molar-refractivity contribution in [3.8, 4) is 60.1 Å². The van der Waals surface area contributed by atoms with Gasteiger partial charge in [0.1, 0.15) is 0 Å². The Morgan fingerprint density at radius 2 is 1.23 bits per heavy atom. The second kappa shape index (κ2) is 12.7. The van der Waals surface area contributed by atoms with E-state index in [4.69, 9.17) is 4.98 Å². The summed E-state index contributed by atoms with van der Waals surface area (Å²) < 4.78 is 2.44. The first-order valence-electron chi connectivity index (χ1n) is 17.5. The Hall–Kier alpha value is -5.38. The minimum atomic E-state index is -0.0670. The summed E-state index contributed by atoms with van der Waals surface area (Å²) in [5.74, 6) is 0. The van der Waals surface area contributed by atoms with Crippen LogP contribution in [0.2, 0.25) is 0 Å². The zero-order valence-electron chi connectivity index (χ0n) is 28.7. The molecule has 0 aliphatic heterocycles. The molecule has 7 aromatic carbocycles. The molecule has 9 aromatic rings. The molecule has 0 spiro atoms. The molecule has 0 saturated carbocycles. The van der Waals surface area contributed by atoms with Gasteiger partial charge in [-0.25, -0.2) is 0 Å². The summed E-state index contributed by atoms with van der Waals surface area (Å²) in [5, 5.41) is 3.51. The van der Waals surface area contributed by atoms with Crippen molar-refractivity contribution in [2.24, 2.45) is 0 Å². The van der Waals surface area contributed by atoms with Crippen molar-refractivity contribution in [3.05, 3.63) is 181 Å². The predicted molar refractivity (Wildman–Crippen MR) is 215 cm³/mol. The van der Waals surface area contributed by atoms with Crippen LogP contribution in [-0.2, 0) is 25.5 Å². The molecule has 1 aliphatic carbocycles. The van der Waals surface area contributed by atoms with E-state index in [2.05, 4.69) is 170 Å². The largest absolute Gasteiger partial charge is 0.309 e. The van der Waals surface area contributed by atoms with Crippen LogP contribution in [0.3, 0.4) is 0 Å². The molecule has 0 fully saturated rings. The monoisotopic (exact) mass is 862 g/mol. The van der Waals surface area contributed by atoms with Gasteiger partial charge in [-0.2, -0.15) is 11.3 Å². The third-order valence-corrected chi connectivity index (χ3v) is 11.7. The Bertz CT molecular complexity index is 2770. The molecular formula is C48H33IrN2S-. The Balaban J connectivity index is 0.00000360. The van der Waals surface area contributed by atoms with Crippen molar-refractivity contribution in [2.75, 3.05) is 0 Å². The van der Waals surface area contributed by atoms with Crippen LogP contribution in [0.15, 0.2) is 164 Å². The van der Waals surface area contributed by atoms with Gasteiger partial charge >= 0.3 is 0 Å². The maximum Gasteiger partial charge on any atom is 0.0544 e. The van der Waals surface area contributed by atoms with Crippen molar-refractivity contribution in [1.29, 1.82) is 0 Å². The first-order valence-corrected chi connectivity index (χ1v) is 18.3. The second-order valence-corrected chi connectivity index (χ2v) is 15.0. The summed E-state index contributed by atoms with van der Waals surface area (Å²) in [6.07, 6.45) is 1.97. The number of para-hydroxylation sites is 1. The molecule has 4 heteroatoms. The molecule has 1 aliphatic rings. The summed E-state index contributed by atoms with van der Waals surface area (Å²) in [6, 6.07) is 60.7. The normalized spacial score (nSPS) is 12.8. The fourth-order valence-corrected chi connectivity index (χ4v) is 8.93. The van der Waals surface area contributed by atoms with E-state index in [1.165, 1.54) is 72.0 Å². The van der Waals surface area contributed by atoms with E-state index < -0.39 is 0 Å². The molecule has 2 nitrogen and oxygen atoms in total. The quantitative estimate of drug-likeness (QED) is 0.158. The number of nitrogens with zero attached hydrogens (tertiary/aromatic N) is 2. The molecule has 2 heterocycles. The average Bonchev–Trinajstić information content (AvgIpc) is 3.87. The first-order chi connectivity index (χ1) is 25.0. The summed E-state index contributed by atoms with van der Waals surface area (Å²) in [5.41, 5.74) is 16.0. The number of fused-ring (bicyclic) bond motifs is 6. The standard InChI is InChI=1S/C48H33N2S.Ir/c1-48(2)42-22-10-9-21-38(42)39-28-41-40-27-35(23-24-44(40)50(45(41)29-43(39)48)37-19-7-4-8-20-37)33-16-11-15-32(25-33)34-17-12-18-36(26-34)47-49-30-46(51-47)31-13-5-3-6-14-31;/h3-17,19-30H,1-2H3;/q-1;. The Morgan fingerprint density at radius 3 is 2.04 bits per heavy atom. The van der Waals surface area contributed by atoms with Crippen LogP contribution < -0.4 is 0 Å². The molecule has 52 heavy (non-hydrogen) atoms. The number of aromatic nitrogens is 2. The van der Waals surface area contributed by atoms with E-state index in [0.29, 0.717) is 0 Å². The minimum absolute atomic E-state index is 0. The summed E-state index contributed by atoms with van der Waals surface area (Å²) in [7, 11) is 0. The van der Waals surface area contributed by atoms with Crippen LogP contribution in [0.4, 0.5) is 0 Å². The molecule has 0 N–H and O–H groups in total. The Morgan fingerprint density at radius 1 is 0.558 bits per heavy atom. The third-order valence-electron chi connectivity index (χ3n) is 10.6. The van der Waals surface area contributed by atoms with Gasteiger partial charge in [0.15, 0.2) is 0 Å². The van der Waals surface area contributed by atoms with E-state index >= 15 is 0 Å². The van der Waals surface area contributed by atoms with Crippen molar-refractivity contribution in [3.63, 3.8) is 0 Å². The van der Waals surface area contributed by atoms with Gasteiger partial charge in [0.25, 0.3) is 0 Å². The van der Waals surface area contributed by atoms with Crippen LogP contribution in [0, 0.1) is 6.07 Å². The van der Waals surface area contributed by atoms with Crippen molar-refractivity contribution in [1.82, 2.24) is 9.55 Å². The fourth-order valence-electron chi connectivity index (χ4n) is 8.03. The molecule has 0 bridgehead atoms. The zero-order chi connectivity index (χ0) is 34.1. The molecule has 0 saturated heterocycles. The van der Waals surface area contributed by atoms with E-state index in [1.54, 1.807) is 11.3 Å². The van der Waals surface area contributed by atoms with E-state index in [-0.39, 0.29) is 25.5 Å².